The van der Waals surface area contributed by atoms with Gasteiger partial charge in [0.05, 0.1) is 0 Å². The highest BCUT2D eigenvalue weighted by Gasteiger charge is 2.13. The number of benzene rings is 1. The predicted molar refractivity (Wildman–Crippen MR) is 77.9 cm³/mol. The van der Waals surface area contributed by atoms with Gasteiger partial charge in [0.2, 0.25) is 0 Å². The summed E-state index contributed by atoms with van der Waals surface area (Å²) >= 11 is 1.59. The zero-order chi connectivity index (χ0) is 13.9. The van der Waals surface area contributed by atoms with Crippen LogP contribution in [0.2, 0.25) is 0 Å². The molecule has 2 heterocycles. The molecule has 0 spiro atoms. The molecule has 1 aliphatic rings. The highest BCUT2D eigenvalue weighted by Crippen LogP contribution is 2.37. The first kappa shape index (κ1) is 13.1. The summed E-state index contributed by atoms with van der Waals surface area (Å²) in [7, 11) is 1.86. The Morgan fingerprint density at radius 1 is 1.15 bits per heavy atom. The molecule has 0 amide bonds. The van der Waals surface area contributed by atoms with Gasteiger partial charge < -0.3 is 14.8 Å². The van der Waals surface area contributed by atoms with Crippen molar-refractivity contribution < 1.29 is 9.47 Å². The third kappa shape index (κ3) is 2.51. The van der Waals surface area contributed by atoms with Gasteiger partial charge in [0.1, 0.15) is 30.4 Å². The SMILES string of the molecule is CNc1ncnc(Sc2ccc3c(c2)OCCO3)c1C. The molecule has 0 saturated heterocycles. The summed E-state index contributed by atoms with van der Waals surface area (Å²) in [5.41, 5.74) is 1.04. The van der Waals surface area contributed by atoms with Crippen LogP contribution in [0.5, 0.6) is 11.5 Å². The second-order valence-electron chi connectivity index (χ2n) is 4.31. The summed E-state index contributed by atoms with van der Waals surface area (Å²) in [6, 6.07) is 5.94. The number of hydrogen-bond donors (Lipinski definition) is 1. The topological polar surface area (TPSA) is 56.3 Å². The van der Waals surface area contributed by atoms with Crippen LogP contribution in [0.1, 0.15) is 5.56 Å². The zero-order valence-electron chi connectivity index (χ0n) is 11.3. The Balaban J connectivity index is 1.88. The minimum absolute atomic E-state index is 0.595. The van der Waals surface area contributed by atoms with Gasteiger partial charge in [-0.2, -0.15) is 0 Å². The summed E-state index contributed by atoms with van der Waals surface area (Å²) in [6.07, 6.45) is 1.57. The maximum absolute atomic E-state index is 5.59. The number of fused-ring (bicyclic) bond motifs is 1. The lowest BCUT2D eigenvalue weighted by molar-refractivity contribution is 0.171. The fourth-order valence-corrected chi connectivity index (χ4v) is 2.86. The molecule has 104 valence electrons. The molecule has 0 radical (unpaired) electrons. The van der Waals surface area contributed by atoms with Crippen LogP contribution < -0.4 is 14.8 Å². The van der Waals surface area contributed by atoms with Crippen LogP contribution in [-0.2, 0) is 0 Å². The van der Waals surface area contributed by atoms with Gasteiger partial charge in [-0.3, -0.25) is 0 Å². The van der Waals surface area contributed by atoms with E-state index in [1.165, 1.54) is 0 Å². The van der Waals surface area contributed by atoms with Gasteiger partial charge >= 0.3 is 0 Å². The fraction of sp³-hybridized carbons (Fsp3) is 0.286. The monoisotopic (exact) mass is 289 g/mol. The predicted octanol–water partition coefficient (Wildman–Crippen LogP) is 2.75. The average molecular weight is 289 g/mol. The van der Waals surface area contributed by atoms with Crippen molar-refractivity contribution in [1.29, 1.82) is 0 Å². The lowest BCUT2D eigenvalue weighted by Crippen LogP contribution is -2.15. The van der Waals surface area contributed by atoms with Gasteiger partial charge in [-0.05, 0) is 25.1 Å². The van der Waals surface area contributed by atoms with E-state index in [-0.39, 0.29) is 0 Å². The minimum atomic E-state index is 0.595. The maximum Gasteiger partial charge on any atom is 0.162 e. The summed E-state index contributed by atoms with van der Waals surface area (Å²) in [4.78, 5) is 9.59. The molecule has 0 aliphatic carbocycles. The molecule has 0 atom stereocenters. The van der Waals surface area contributed by atoms with Gasteiger partial charge in [-0.15, -0.1) is 0 Å². The molecule has 1 aromatic carbocycles. The Hall–Kier alpha value is -1.95. The van der Waals surface area contributed by atoms with E-state index in [4.69, 9.17) is 9.47 Å². The van der Waals surface area contributed by atoms with Crippen LogP contribution in [-0.4, -0.2) is 30.2 Å². The molecule has 3 rings (SSSR count). The second-order valence-corrected chi connectivity index (χ2v) is 5.37. The van der Waals surface area contributed by atoms with Crippen LogP contribution >= 0.6 is 11.8 Å². The number of anilines is 1. The molecule has 2 aromatic rings. The van der Waals surface area contributed by atoms with Crippen LogP contribution in [0.3, 0.4) is 0 Å². The van der Waals surface area contributed by atoms with Crippen LogP contribution in [0, 0.1) is 6.92 Å². The van der Waals surface area contributed by atoms with Gasteiger partial charge in [-0.25, -0.2) is 9.97 Å². The van der Waals surface area contributed by atoms with Gasteiger partial charge in [0.25, 0.3) is 0 Å². The van der Waals surface area contributed by atoms with Crippen LogP contribution in [0.4, 0.5) is 5.82 Å². The highest BCUT2D eigenvalue weighted by molar-refractivity contribution is 7.99. The number of nitrogens with one attached hydrogen (secondary N) is 1. The van der Waals surface area contributed by atoms with Crippen molar-refractivity contribution in [3.8, 4) is 11.5 Å². The second kappa shape index (κ2) is 5.58. The van der Waals surface area contributed by atoms with Crippen molar-refractivity contribution in [2.75, 3.05) is 25.6 Å². The van der Waals surface area contributed by atoms with Gasteiger partial charge in [0, 0.05) is 17.5 Å². The lowest BCUT2D eigenvalue weighted by atomic mass is 10.3. The zero-order valence-corrected chi connectivity index (χ0v) is 12.2. The molecule has 0 bridgehead atoms. The summed E-state index contributed by atoms with van der Waals surface area (Å²) < 4.78 is 11.1. The third-order valence-corrected chi connectivity index (χ3v) is 4.10. The molecule has 1 aromatic heterocycles. The van der Waals surface area contributed by atoms with Crippen molar-refractivity contribution in [3.63, 3.8) is 0 Å². The average Bonchev–Trinajstić information content (AvgIpc) is 2.49. The van der Waals surface area contributed by atoms with Gasteiger partial charge in [0.15, 0.2) is 11.5 Å². The molecular weight excluding hydrogens is 274 g/mol. The first-order chi connectivity index (χ1) is 9.78. The number of hydrogen-bond acceptors (Lipinski definition) is 6. The number of nitrogens with zero attached hydrogens (tertiary/aromatic N) is 2. The quantitative estimate of drug-likeness (QED) is 0.877. The van der Waals surface area contributed by atoms with E-state index in [0.29, 0.717) is 13.2 Å². The summed E-state index contributed by atoms with van der Waals surface area (Å²) in [5, 5.41) is 3.99. The minimum Gasteiger partial charge on any atom is -0.486 e. The molecule has 1 N–H and O–H groups in total. The van der Waals surface area contributed by atoms with E-state index in [2.05, 4.69) is 15.3 Å². The summed E-state index contributed by atoms with van der Waals surface area (Å²) in [5.74, 6) is 2.44. The molecule has 1 aliphatic heterocycles. The van der Waals surface area contributed by atoms with Crippen molar-refractivity contribution in [1.82, 2.24) is 9.97 Å². The Kier molecular flexibility index (Phi) is 3.64. The Morgan fingerprint density at radius 3 is 2.75 bits per heavy atom. The maximum atomic E-state index is 5.59. The molecule has 0 unspecified atom stereocenters. The van der Waals surface area contributed by atoms with E-state index in [0.717, 1.165) is 32.8 Å². The normalized spacial score (nSPS) is 13.1. The molecule has 20 heavy (non-hydrogen) atoms. The Labute approximate surface area is 121 Å². The summed E-state index contributed by atoms with van der Waals surface area (Å²) in [6.45, 7) is 3.21. The van der Waals surface area contributed by atoms with Crippen molar-refractivity contribution in [2.45, 2.75) is 16.8 Å². The van der Waals surface area contributed by atoms with Crippen molar-refractivity contribution in [3.05, 3.63) is 30.1 Å². The first-order valence-electron chi connectivity index (χ1n) is 6.35. The molecule has 5 nitrogen and oxygen atoms in total. The number of rotatable bonds is 3. The van der Waals surface area contributed by atoms with E-state index < -0.39 is 0 Å². The fourth-order valence-electron chi connectivity index (χ4n) is 1.99. The Bertz CT molecular complexity index is 634. The largest absolute Gasteiger partial charge is 0.486 e. The number of aromatic nitrogens is 2. The van der Waals surface area contributed by atoms with E-state index >= 15 is 0 Å². The van der Waals surface area contributed by atoms with Crippen LogP contribution in [0.15, 0.2) is 34.4 Å². The standard InChI is InChI=1S/C14H15N3O2S/c1-9-13(15-2)16-8-17-14(9)20-10-3-4-11-12(7-10)19-6-5-18-11/h3-4,7-8H,5-6H2,1-2H3,(H,15,16,17). The highest BCUT2D eigenvalue weighted by atomic mass is 32.2. The van der Waals surface area contributed by atoms with Gasteiger partial charge in [-0.1, -0.05) is 11.8 Å². The van der Waals surface area contributed by atoms with E-state index in [1.54, 1.807) is 18.1 Å². The number of ether oxygens (including phenoxy) is 2. The van der Waals surface area contributed by atoms with Crippen LogP contribution in [0.25, 0.3) is 0 Å². The first-order valence-corrected chi connectivity index (χ1v) is 7.16. The Morgan fingerprint density at radius 2 is 1.95 bits per heavy atom. The molecular formula is C14H15N3O2S. The van der Waals surface area contributed by atoms with E-state index in [9.17, 15) is 0 Å². The molecule has 0 saturated carbocycles. The smallest absolute Gasteiger partial charge is 0.162 e. The lowest BCUT2D eigenvalue weighted by Gasteiger charge is -2.18. The molecule has 6 heteroatoms. The third-order valence-electron chi connectivity index (χ3n) is 3.00. The molecule has 0 fully saturated rings. The van der Waals surface area contributed by atoms with Crippen molar-refractivity contribution in [2.24, 2.45) is 0 Å². The van der Waals surface area contributed by atoms with E-state index in [1.807, 2.05) is 32.2 Å². The van der Waals surface area contributed by atoms with Crippen molar-refractivity contribution >= 4 is 17.6 Å².